The van der Waals surface area contributed by atoms with E-state index < -0.39 is 23.9 Å². The minimum absolute atomic E-state index is 0.00518. The van der Waals surface area contributed by atoms with Gasteiger partial charge in [0.25, 0.3) is 0 Å². The number of carbonyl (C=O) groups excluding carboxylic acids is 2. The lowest BCUT2D eigenvalue weighted by Gasteiger charge is -2.21. The van der Waals surface area contributed by atoms with Crippen LogP contribution in [0.2, 0.25) is 0 Å². The number of anilines is 1. The summed E-state index contributed by atoms with van der Waals surface area (Å²) < 4.78 is 31.2. The molecule has 0 radical (unpaired) electrons. The standard InChI is InChI=1S/C24H31FN4O7/c1-4-26-24(32)36-29-27-15-16-7-9-17(10-8-16)28-22(23(31)34-6-3)18-13-20(33-5-2)21(14-19(18)25)35-12-11-30/h7-10,13-15,22,28-30H,4-6,11-12H2,1-3H3,(H,26,32). The number of aliphatic hydroxyl groups excluding tert-OH is 1. The van der Waals surface area contributed by atoms with Crippen molar-refractivity contribution in [3.63, 3.8) is 0 Å². The number of ether oxygens (including phenoxy) is 3. The second kappa shape index (κ2) is 15.0. The van der Waals surface area contributed by atoms with Gasteiger partial charge in [0.1, 0.15) is 12.4 Å². The van der Waals surface area contributed by atoms with E-state index in [4.69, 9.17) is 19.3 Å². The summed E-state index contributed by atoms with van der Waals surface area (Å²) in [6.45, 7) is 5.68. The number of hydrazone groups is 1. The lowest BCUT2D eigenvalue weighted by molar-refractivity contribution is -0.144. The molecule has 0 bridgehead atoms. The van der Waals surface area contributed by atoms with Gasteiger partial charge in [-0.15, -0.1) is 5.59 Å². The van der Waals surface area contributed by atoms with Gasteiger partial charge in [0.15, 0.2) is 17.5 Å². The minimum Gasteiger partial charge on any atom is -0.490 e. The smallest absolute Gasteiger partial charge is 0.432 e. The van der Waals surface area contributed by atoms with Gasteiger partial charge in [0.2, 0.25) is 0 Å². The lowest BCUT2D eigenvalue weighted by atomic mass is 10.0. The number of hydrogen-bond acceptors (Lipinski definition) is 10. The molecule has 1 atom stereocenters. The number of carbonyl (C=O) groups is 2. The van der Waals surface area contributed by atoms with E-state index in [1.54, 1.807) is 45.0 Å². The molecule has 0 aliphatic heterocycles. The molecule has 2 aromatic carbocycles. The molecule has 0 aliphatic carbocycles. The number of nitrogens with one attached hydrogen (secondary N) is 3. The minimum atomic E-state index is -1.18. The molecule has 2 rings (SSSR count). The van der Waals surface area contributed by atoms with Crippen molar-refractivity contribution >= 4 is 24.0 Å². The highest BCUT2D eigenvalue weighted by Crippen LogP contribution is 2.34. The third kappa shape index (κ3) is 8.62. The number of hydrogen-bond donors (Lipinski definition) is 4. The molecule has 0 heterocycles. The zero-order valence-electron chi connectivity index (χ0n) is 20.4. The fourth-order valence-electron chi connectivity index (χ4n) is 2.98. The van der Waals surface area contributed by atoms with Crippen LogP contribution in [0.4, 0.5) is 14.9 Å². The summed E-state index contributed by atoms with van der Waals surface area (Å²) in [4.78, 5) is 28.6. The van der Waals surface area contributed by atoms with Crippen molar-refractivity contribution in [3.8, 4) is 11.5 Å². The van der Waals surface area contributed by atoms with Crippen molar-refractivity contribution in [2.75, 3.05) is 38.3 Å². The molecule has 0 aliphatic rings. The number of halogens is 1. The van der Waals surface area contributed by atoms with Crippen LogP contribution in [0.1, 0.15) is 37.9 Å². The molecule has 1 amide bonds. The van der Waals surface area contributed by atoms with Crippen LogP contribution < -0.4 is 25.7 Å². The zero-order chi connectivity index (χ0) is 26.3. The van der Waals surface area contributed by atoms with E-state index in [1.807, 2.05) is 0 Å². The number of amides is 1. The Balaban J connectivity index is 2.23. The van der Waals surface area contributed by atoms with Crippen molar-refractivity contribution in [1.29, 1.82) is 0 Å². The molecule has 0 fully saturated rings. The van der Waals surface area contributed by atoms with Gasteiger partial charge in [-0.3, -0.25) is 0 Å². The van der Waals surface area contributed by atoms with Crippen molar-refractivity contribution in [3.05, 3.63) is 53.3 Å². The Morgan fingerprint density at radius 3 is 2.44 bits per heavy atom. The molecule has 0 saturated carbocycles. The van der Waals surface area contributed by atoms with Gasteiger partial charge in [-0.05, 0) is 44.5 Å². The summed E-state index contributed by atoms with van der Waals surface area (Å²) in [5, 5.41) is 18.2. The molecule has 0 aromatic heterocycles. The largest absolute Gasteiger partial charge is 0.490 e. The van der Waals surface area contributed by atoms with E-state index in [0.717, 1.165) is 6.07 Å². The van der Waals surface area contributed by atoms with Crippen LogP contribution in [0.3, 0.4) is 0 Å². The first-order chi connectivity index (χ1) is 17.4. The highest BCUT2D eigenvalue weighted by molar-refractivity contribution is 5.83. The average molecular weight is 507 g/mol. The molecule has 2 aromatic rings. The molecular weight excluding hydrogens is 475 g/mol. The van der Waals surface area contributed by atoms with E-state index in [9.17, 15) is 9.59 Å². The fraction of sp³-hybridized carbons (Fsp3) is 0.375. The summed E-state index contributed by atoms with van der Waals surface area (Å²) in [6.07, 6.45) is 0.761. The van der Waals surface area contributed by atoms with Gasteiger partial charge in [-0.25, -0.2) is 14.0 Å². The number of rotatable bonds is 14. The lowest BCUT2D eigenvalue weighted by Crippen LogP contribution is -2.27. The van der Waals surface area contributed by atoms with E-state index in [-0.39, 0.29) is 43.5 Å². The van der Waals surface area contributed by atoms with E-state index >= 15 is 4.39 Å². The van der Waals surface area contributed by atoms with Crippen LogP contribution >= 0.6 is 0 Å². The van der Waals surface area contributed by atoms with Crippen molar-refractivity contribution < 1.29 is 38.1 Å². The normalized spacial score (nSPS) is 11.5. The van der Waals surface area contributed by atoms with Gasteiger partial charge >= 0.3 is 12.1 Å². The van der Waals surface area contributed by atoms with Gasteiger partial charge in [0.05, 0.1) is 26.0 Å². The first-order valence-electron chi connectivity index (χ1n) is 11.4. The maximum Gasteiger partial charge on any atom is 0.432 e. The number of benzene rings is 2. The first-order valence-corrected chi connectivity index (χ1v) is 11.4. The van der Waals surface area contributed by atoms with Gasteiger partial charge in [0, 0.05) is 23.9 Å². The van der Waals surface area contributed by atoms with Crippen LogP contribution in [0.15, 0.2) is 41.5 Å². The van der Waals surface area contributed by atoms with Crippen LogP contribution in [-0.4, -0.2) is 56.4 Å². The average Bonchev–Trinajstić information content (AvgIpc) is 2.86. The summed E-state index contributed by atoms with van der Waals surface area (Å²) >= 11 is 0. The summed E-state index contributed by atoms with van der Waals surface area (Å²) in [5.74, 6) is -1.05. The Hall–Kier alpha value is -4.06. The zero-order valence-corrected chi connectivity index (χ0v) is 20.4. The van der Waals surface area contributed by atoms with Crippen molar-refractivity contribution in [2.45, 2.75) is 26.8 Å². The Bertz CT molecular complexity index is 1020. The van der Waals surface area contributed by atoms with Crippen LogP contribution in [-0.2, 0) is 14.4 Å². The van der Waals surface area contributed by atoms with Crippen LogP contribution in [0.5, 0.6) is 11.5 Å². The maximum atomic E-state index is 15.1. The molecule has 12 heteroatoms. The topological polar surface area (TPSA) is 140 Å². The third-order valence-electron chi connectivity index (χ3n) is 4.49. The summed E-state index contributed by atoms with van der Waals surface area (Å²) in [7, 11) is 0. The molecule has 1 unspecified atom stereocenters. The van der Waals surface area contributed by atoms with Crippen LogP contribution in [0, 0.1) is 5.82 Å². The van der Waals surface area contributed by atoms with Crippen molar-refractivity contribution in [1.82, 2.24) is 10.9 Å². The Labute approximate surface area is 208 Å². The van der Waals surface area contributed by atoms with Gasteiger partial charge in [-0.1, -0.05) is 12.1 Å². The number of esters is 1. The molecule has 36 heavy (non-hydrogen) atoms. The van der Waals surface area contributed by atoms with E-state index in [0.29, 0.717) is 17.8 Å². The molecule has 0 saturated heterocycles. The monoisotopic (exact) mass is 506 g/mol. The highest BCUT2D eigenvalue weighted by Gasteiger charge is 2.27. The number of nitrogens with zero attached hydrogens (tertiary/aromatic N) is 1. The fourth-order valence-corrected chi connectivity index (χ4v) is 2.98. The molecule has 0 spiro atoms. The Morgan fingerprint density at radius 2 is 1.81 bits per heavy atom. The predicted molar refractivity (Wildman–Crippen MR) is 130 cm³/mol. The maximum absolute atomic E-state index is 15.1. The van der Waals surface area contributed by atoms with Gasteiger partial charge in [-0.2, -0.15) is 5.10 Å². The highest BCUT2D eigenvalue weighted by atomic mass is 19.1. The second-order valence-electron chi connectivity index (χ2n) is 7.05. The van der Waals surface area contributed by atoms with E-state index in [1.165, 1.54) is 12.3 Å². The quantitative estimate of drug-likeness (QED) is 0.173. The van der Waals surface area contributed by atoms with Crippen molar-refractivity contribution in [2.24, 2.45) is 5.10 Å². The first kappa shape index (κ1) is 28.2. The molecule has 11 nitrogen and oxygen atoms in total. The van der Waals surface area contributed by atoms with Crippen LogP contribution in [0.25, 0.3) is 0 Å². The summed E-state index contributed by atoms with van der Waals surface area (Å²) in [5.41, 5.74) is 3.33. The Morgan fingerprint density at radius 1 is 1.08 bits per heavy atom. The second-order valence-corrected chi connectivity index (χ2v) is 7.05. The summed E-state index contributed by atoms with van der Waals surface area (Å²) in [6, 6.07) is 8.02. The Kier molecular flexibility index (Phi) is 11.8. The number of aliphatic hydroxyl groups is 1. The van der Waals surface area contributed by atoms with Gasteiger partial charge < -0.3 is 34.8 Å². The van der Waals surface area contributed by atoms with E-state index in [2.05, 4.69) is 26.2 Å². The molecular formula is C24H31FN4O7. The predicted octanol–water partition coefficient (Wildman–Crippen LogP) is 2.90. The third-order valence-corrected chi connectivity index (χ3v) is 4.49. The SMILES string of the molecule is CCNC(=O)ONN=Cc1ccc(NC(C(=O)OCC)c2cc(OCC)c(OCCO)cc2F)cc1. The molecule has 4 N–H and O–H groups in total. The molecule has 196 valence electrons.